The molecule has 0 unspecified atom stereocenters. The second-order valence-corrected chi connectivity index (χ2v) is 5.85. The van der Waals surface area contributed by atoms with Crippen LogP contribution in [0.2, 0.25) is 0 Å². The average Bonchev–Trinajstić information content (AvgIpc) is 3.02. The number of nitrogens with zero attached hydrogens (tertiary/aromatic N) is 4. The summed E-state index contributed by atoms with van der Waals surface area (Å²) in [6.45, 7) is 0.481. The molecule has 7 nitrogen and oxygen atoms in total. The lowest BCUT2D eigenvalue weighted by atomic mass is 10.0. The van der Waals surface area contributed by atoms with Crippen LogP contribution in [0, 0.1) is 0 Å². The molecule has 1 aliphatic rings. The summed E-state index contributed by atoms with van der Waals surface area (Å²) >= 11 is 0. The lowest BCUT2D eigenvalue weighted by Gasteiger charge is -2.29. The van der Waals surface area contributed by atoms with E-state index in [1.54, 1.807) is 29.4 Å². The van der Waals surface area contributed by atoms with Crippen LogP contribution in [0.25, 0.3) is 11.5 Å². The lowest BCUT2D eigenvalue weighted by Crippen LogP contribution is -2.39. The van der Waals surface area contributed by atoms with Gasteiger partial charge in [0.15, 0.2) is 0 Å². The zero-order chi connectivity index (χ0) is 17.2. The van der Waals surface area contributed by atoms with Crippen molar-refractivity contribution in [1.29, 1.82) is 0 Å². The van der Waals surface area contributed by atoms with Crippen LogP contribution >= 0.6 is 0 Å². The Bertz CT molecular complexity index is 962. The predicted molar refractivity (Wildman–Crippen MR) is 91.1 cm³/mol. The van der Waals surface area contributed by atoms with E-state index in [1.807, 2.05) is 24.3 Å². The zero-order valence-electron chi connectivity index (χ0n) is 13.5. The zero-order valence-corrected chi connectivity index (χ0v) is 13.5. The molecule has 3 heterocycles. The Balaban J connectivity index is 1.58. The summed E-state index contributed by atoms with van der Waals surface area (Å²) in [4.78, 5) is 30.4. The molecule has 25 heavy (non-hydrogen) atoms. The second kappa shape index (κ2) is 6.35. The molecule has 0 bridgehead atoms. The summed E-state index contributed by atoms with van der Waals surface area (Å²) in [5.41, 5.74) is 2.64. The summed E-state index contributed by atoms with van der Waals surface area (Å²) in [5.74, 6) is -0.678. The van der Waals surface area contributed by atoms with Gasteiger partial charge in [0, 0.05) is 24.6 Å². The number of hydrogen-bond donors (Lipinski definition) is 0. The number of fused-ring (bicyclic) bond motifs is 1. The second-order valence-electron chi connectivity index (χ2n) is 5.85. The Morgan fingerprint density at radius 1 is 1.20 bits per heavy atom. The van der Waals surface area contributed by atoms with Crippen LogP contribution in [0.3, 0.4) is 0 Å². The van der Waals surface area contributed by atoms with E-state index < -0.39 is 5.76 Å². The molecule has 0 radical (unpaired) electrons. The van der Waals surface area contributed by atoms with Crippen molar-refractivity contribution in [2.24, 2.45) is 0 Å². The minimum atomic E-state index is -0.655. The van der Waals surface area contributed by atoms with Crippen LogP contribution in [0.1, 0.15) is 12.0 Å². The fourth-order valence-electron chi connectivity index (χ4n) is 3.02. The third kappa shape index (κ3) is 2.96. The molecule has 1 aromatic carbocycles. The van der Waals surface area contributed by atoms with E-state index >= 15 is 0 Å². The molecule has 0 fully saturated rings. The van der Waals surface area contributed by atoms with Crippen molar-refractivity contribution >= 4 is 11.6 Å². The van der Waals surface area contributed by atoms with Crippen LogP contribution in [-0.2, 0) is 17.8 Å². The minimum absolute atomic E-state index is 0.156. The van der Waals surface area contributed by atoms with Gasteiger partial charge in [0.05, 0.1) is 5.56 Å². The van der Waals surface area contributed by atoms with Crippen LogP contribution in [0.15, 0.2) is 58.0 Å². The van der Waals surface area contributed by atoms with Crippen LogP contribution in [-0.4, -0.2) is 27.2 Å². The molecule has 7 heteroatoms. The van der Waals surface area contributed by atoms with E-state index in [1.165, 1.54) is 0 Å². The molecule has 0 saturated carbocycles. The normalized spacial score (nSPS) is 13.5. The van der Waals surface area contributed by atoms with Gasteiger partial charge in [0.25, 0.3) is 5.89 Å². The quantitative estimate of drug-likeness (QED) is 0.729. The third-order valence-electron chi connectivity index (χ3n) is 4.21. The molecule has 126 valence electrons. The number of carbonyl (C=O) groups excluding carboxylic acids is 1. The van der Waals surface area contributed by atoms with Gasteiger partial charge in [-0.2, -0.15) is 4.68 Å². The summed E-state index contributed by atoms with van der Waals surface area (Å²) < 4.78 is 6.20. The fraction of sp³-hybridized carbons (Fsp3) is 0.222. The summed E-state index contributed by atoms with van der Waals surface area (Å²) in [6.07, 6.45) is 5.03. The predicted octanol–water partition coefficient (Wildman–Crippen LogP) is 1.88. The van der Waals surface area contributed by atoms with E-state index in [2.05, 4.69) is 10.1 Å². The number of hydrogen-bond acceptors (Lipinski definition) is 5. The van der Waals surface area contributed by atoms with Gasteiger partial charge in [-0.25, -0.2) is 4.79 Å². The molecule has 4 rings (SSSR count). The number of aryl methyl sites for hydroxylation is 1. The maximum absolute atomic E-state index is 12.7. The Morgan fingerprint density at radius 2 is 2.08 bits per heavy atom. The van der Waals surface area contributed by atoms with E-state index in [0.717, 1.165) is 28.8 Å². The Kier molecular flexibility index (Phi) is 3.89. The van der Waals surface area contributed by atoms with Crippen molar-refractivity contribution in [3.05, 3.63) is 64.9 Å². The van der Waals surface area contributed by atoms with Crippen LogP contribution in [0.5, 0.6) is 0 Å². The number of para-hydroxylation sites is 1. The standard InChI is InChI=1S/C18H16N4O3/c23-16(21-10-4-7-13-5-1-2-8-15(13)21)12-22-18(24)25-17(20-22)14-6-3-9-19-11-14/h1-3,5-6,8-9,11H,4,7,10,12H2. The first-order valence-corrected chi connectivity index (χ1v) is 8.09. The van der Waals surface area contributed by atoms with Gasteiger partial charge < -0.3 is 9.32 Å². The van der Waals surface area contributed by atoms with Gasteiger partial charge in [-0.1, -0.05) is 18.2 Å². The molecular weight excluding hydrogens is 320 g/mol. The van der Waals surface area contributed by atoms with Gasteiger partial charge >= 0.3 is 5.76 Å². The first-order chi connectivity index (χ1) is 12.2. The maximum Gasteiger partial charge on any atom is 0.437 e. The van der Waals surface area contributed by atoms with Crippen molar-refractivity contribution in [1.82, 2.24) is 14.8 Å². The van der Waals surface area contributed by atoms with Crippen molar-refractivity contribution < 1.29 is 9.21 Å². The molecule has 1 aliphatic heterocycles. The SMILES string of the molecule is O=C(Cn1nc(-c2cccnc2)oc1=O)N1CCCc2ccccc21. The largest absolute Gasteiger partial charge is 0.437 e. The molecule has 1 amide bonds. The molecule has 2 aromatic heterocycles. The number of anilines is 1. The summed E-state index contributed by atoms with van der Waals surface area (Å²) in [7, 11) is 0. The monoisotopic (exact) mass is 336 g/mol. The van der Waals surface area contributed by atoms with Gasteiger partial charge in [-0.05, 0) is 36.6 Å². The molecule has 0 saturated heterocycles. The highest BCUT2D eigenvalue weighted by atomic mass is 16.4. The van der Waals surface area contributed by atoms with Crippen molar-refractivity contribution in [2.75, 3.05) is 11.4 Å². The minimum Gasteiger partial charge on any atom is -0.388 e. The smallest absolute Gasteiger partial charge is 0.388 e. The first kappa shape index (κ1) is 15.3. The fourth-order valence-corrected chi connectivity index (χ4v) is 3.02. The van der Waals surface area contributed by atoms with E-state index in [9.17, 15) is 9.59 Å². The molecule has 0 atom stereocenters. The number of benzene rings is 1. The van der Waals surface area contributed by atoms with Crippen molar-refractivity contribution in [3.63, 3.8) is 0 Å². The number of pyridine rings is 1. The molecule has 0 N–H and O–H groups in total. The Hall–Kier alpha value is -3.22. The first-order valence-electron chi connectivity index (χ1n) is 8.09. The Labute approximate surface area is 143 Å². The topological polar surface area (TPSA) is 81.2 Å². The third-order valence-corrected chi connectivity index (χ3v) is 4.21. The van der Waals surface area contributed by atoms with Gasteiger partial charge in [0.1, 0.15) is 6.54 Å². The molecule has 0 spiro atoms. The summed E-state index contributed by atoms with van der Waals surface area (Å²) in [6, 6.07) is 11.3. The van der Waals surface area contributed by atoms with Gasteiger partial charge in [0.2, 0.25) is 5.91 Å². The lowest BCUT2D eigenvalue weighted by molar-refractivity contribution is -0.119. The van der Waals surface area contributed by atoms with Crippen molar-refractivity contribution in [3.8, 4) is 11.5 Å². The van der Waals surface area contributed by atoms with E-state index in [-0.39, 0.29) is 18.3 Å². The van der Waals surface area contributed by atoms with Crippen LogP contribution < -0.4 is 10.7 Å². The highest BCUT2D eigenvalue weighted by Crippen LogP contribution is 2.26. The van der Waals surface area contributed by atoms with Gasteiger partial charge in [-0.3, -0.25) is 9.78 Å². The molecular formula is C18H16N4O3. The highest BCUT2D eigenvalue weighted by Gasteiger charge is 2.23. The van der Waals surface area contributed by atoms with E-state index in [4.69, 9.17) is 4.42 Å². The number of amides is 1. The van der Waals surface area contributed by atoms with Gasteiger partial charge in [-0.15, -0.1) is 5.10 Å². The molecule has 3 aromatic rings. The van der Waals surface area contributed by atoms with E-state index in [0.29, 0.717) is 12.1 Å². The maximum atomic E-state index is 12.7. The number of carbonyl (C=O) groups is 1. The average molecular weight is 336 g/mol. The Morgan fingerprint density at radius 3 is 2.92 bits per heavy atom. The summed E-state index contributed by atoms with van der Waals surface area (Å²) in [5, 5.41) is 4.12. The van der Waals surface area contributed by atoms with Crippen molar-refractivity contribution in [2.45, 2.75) is 19.4 Å². The highest BCUT2D eigenvalue weighted by molar-refractivity contribution is 5.94. The number of rotatable bonds is 3. The van der Waals surface area contributed by atoms with Crippen LogP contribution in [0.4, 0.5) is 5.69 Å². The number of aromatic nitrogens is 3. The molecule has 0 aliphatic carbocycles.